The number of nitrogens with one attached hydrogen (secondary N) is 1. The first-order chi connectivity index (χ1) is 9.50. The number of halogens is 1. The van der Waals surface area contributed by atoms with Gasteiger partial charge in [0, 0.05) is 24.8 Å². The van der Waals surface area contributed by atoms with E-state index >= 15 is 0 Å². The summed E-state index contributed by atoms with van der Waals surface area (Å²) in [5, 5.41) is 14.5. The topological polar surface area (TPSA) is 58.4 Å². The molecule has 2 rings (SSSR count). The predicted molar refractivity (Wildman–Crippen MR) is 81.8 cm³/mol. The summed E-state index contributed by atoms with van der Waals surface area (Å²) in [6.07, 6.45) is 3.34. The molecule has 1 saturated heterocycles. The Bertz CT molecular complexity index is 499. The van der Waals surface area contributed by atoms with E-state index in [1.54, 1.807) is 12.1 Å². The molecule has 0 aliphatic carbocycles. The molecule has 6 heteroatoms. The maximum atomic E-state index is 10.9. The Morgan fingerprint density at radius 3 is 2.85 bits per heavy atom. The third-order valence-electron chi connectivity index (χ3n) is 3.94. The van der Waals surface area contributed by atoms with Crippen LogP contribution in [0.5, 0.6) is 0 Å². The van der Waals surface area contributed by atoms with E-state index in [4.69, 9.17) is 11.6 Å². The van der Waals surface area contributed by atoms with Crippen LogP contribution >= 0.6 is 11.6 Å². The number of anilines is 1. The fourth-order valence-electron chi connectivity index (χ4n) is 2.76. The van der Waals surface area contributed by atoms with Gasteiger partial charge in [0.05, 0.1) is 4.92 Å². The molecule has 1 N–H and O–H groups in total. The van der Waals surface area contributed by atoms with E-state index in [1.807, 2.05) is 14.0 Å². The zero-order valence-corrected chi connectivity index (χ0v) is 12.6. The van der Waals surface area contributed by atoms with Crippen LogP contribution < -0.4 is 10.2 Å². The van der Waals surface area contributed by atoms with Gasteiger partial charge in [-0.2, -0.15) is 0 Å². The van der Waals surface area contributed by atoms with Crippen molar-refractivity contribution in [2.24, 2.45) is 0 Å². The molecule has 0 aromatic heterocycles. The molecule has 5 nitrogen and oxygen atoms in total. The molecule has 1 aromatic carbocycles. The van der Waals surface area contributed by atoms with Crippen molar-refractivity contribution >= 4 is 23.0 Å². The Balaban J connectivity index is 2.27. The third kappa shape index (κ3) is 3.22. The lowest BCUT2D eigenvalue weighted by atomic mass is 10.1. The first-order valence-corrected chi connectivity index (χ1v) is 7.26. The van der Waals surface area contributed by atoms with Crippen LogP contribution in [-0.2, 0) is 0 Å². The Morgan fingerprint density at radius 2 is 2.15 bits per heavy atom. The highest BCUT2D eigenvalue weighted by molar-refractivity contribution is 6.33. The Hall–Kier alpha value is -1.33. The maximum Gasteiger partial charge on any atom is 0.288 e. The summed E-state index contributed by atoms with van der Waals surface area (Å²) in [6, 6.07) is 3.72. The summed E-state index contributed by atoms with van der Waals surface area (Å²) in [6.45, 7) is 3.96. The Kier molecular flexibility index (Phi) is 4.83. The van der Waals surface area contributed by atoms with Crippen LogP contribution in [0.15, 0.2) is 12.1 Å². The number of benzene rings is 1. The largest absolute Gasteiger partial charge is 0.371 e. The second-order valence-electron chi connectivity index (χ2n) is 5.29. The second kappa shape index (κ2) is 6.41. The number of nitrogens with zero attached hydrogens (tertiary/aromatic N) is 2. The van der Waals surface area contributed by atoms with Crippen molar-refractivity contribution in [3.05, 3.63) is 32.8 Å². The van der Waals surface area contributed by atoms with Crippen molar-refractivity contribution in [1.82, 2.24) is 5.32 Å². The quantitative estimate of drug-likeness (QED) is 0.688. The van der Waals surface area contributed by atoms with Gasteiger partial charge in [-0.25, -0.2) is 0 Å². The molecule has 1 aromatic rings. The SMILES string of the molecule is Cc1cc([N+](=O)[O-])c(Cl)cc1N(C)C1CCCNCC1. The zero-order chi connectivity index (χ0) is 14.7. The van der Waals surface area contributed by atoms with Gasteiger partial charge in [0.2, 0.25) is 0 Å². The molecular weight excluding hydrogens is 278 g/mol. The molecule has 20 heavy (non-hydrogen) atoms. The summed E-state index contributed by atoms with van der Waals surface area (Å²) in [5.74, 6) is 0. The van der Waals surface area contributed by atoms with Crippen LogP contribution in [0.25, 0.3) is 0 Å². The lowest BCUT2D eigenvalue weighted by Gasteiger charge is -2.30. The van der Waals surface area contributed by atoms with Crippen LogP contribution in [0.1, 0.15) is 24.8 Å². The van der Waals surface area contributed by atoms with Crippen molar-refractivity contribution in [2.75, 3.05) is 25.0 Å². The fourth-order valence-corrected chi connectivity index (χ4v) is 2.99. The molecule has 1 aliphatic rings. The van der Waals surface area contributed by atoms with Crippen LogP contribution in [0.3, 0.4) is 0 Å². The molecular formula is C14H20ClN3O2. The summed E-state index contributed by atoms with van der Waals surface area (Å²) >= 11 is 6.03. The minimum atomic E-state index is -0.436. The second-order valence-corrected chi connectivity index (χ2v) is 5.70. The highest BCUT2D eigenvalue weighted by Crippen LogP contribution is 2.33. The highest BCUT2D eigenvalue weighted by atomic mass is 35.5. The van der Waals surface area contributed by atoms with E-state index in [1.165, 1.54) is 0 Å². The summed E-state index contributed by atoms with van der Waals surface area (Å²) in [4.78, 5) is 12.7. The van der Waals surface area contributed by atoms with Crippen molar-refractivity contribution in [2.45, 2.75) is 32.2 Å². The monoisotopic (exact) mass is 297 g/mol. The van der Waals surface area contributed by atoms with Crippen molar-refractivity contribution in [3.8, 4) is 0 Å². The van der Waals surface area contributed by atoms with Crippen LogP contribution in [0.2, 0.25) is 5.02 Å². The van der Waals surface area contributed by atoms with Gasteiger partial charge < -0.3 is 10.2 Å². The van der Waals surface area contributed by atoms with E-state index < -0.39 is 4.92 Å². The fraction of sp³-hybridized carbons (Fsp3) is 0.571. The van der Waals surface area contributed by atoms with Gasteiger partial charge in [0.15, 0.2) is 0 Å². The zero-order valence-electron chi connectivity index (χ0n) is 11.9. The van der Waals surface area contributed by atoms with Crippen LogP contribution in [0.4, 0.5) is 11.4 Å². The molecule has 0 bridgehead atoms. The molecule has 1 unspecified atom stereocenters. The van der Waals surface area contributed by atoms with Gasteiger partial charge >= 0.3 is 0 Å². The molecule has 1 atom stereocenters. The molecule has 0 radical (unpaired) electrons. The smallest absolute Gasteiger partial charge is 0.288 e. The number of rotatable bonds is 3. The van der Waals surface area contributed by atoms with Crippen molar-refractivity contribution in [3.63, 3.8) is 0 Å². The van der Waals surface area contributed by atoms with E-state index in [2.05, 4.69) is 10.2 Å². The molecule has 0 saturated carbocycles. The standard InChI is InChI=1S/C14H20ClN3O2/c1-10-8-14(18(19)20)12(15)9-13(10)17(2)11-4-3-6-16-7-5-11/h8-9,11,16H,3-7H2,1-2H3. The van der Waals surface area contributed by atoms with Crippen molar-refractivity contribution < 1.29 is 4.92 Å². The van der Waals surface area contributed by atoms with E-state index in [-0.39, 0.29) is 10.7 Å². The van der Waals surface area contributed by atoms with Gasteiger partial charge in [-0.3, -0.25) is 10.1 Å². The van der Waals surface area contributed by atoms with Gasteiger partial charge in [0.1, 0.15) is 5.02 Å². The lowest BCUT2D eigenvalue weighted by molar-refractivity contribution is -0.384. The average molecular weight is 298 g/mol. The van der Waals surface area contributed by atoms with Crippen LogP contribution in [0, 0.1) is 17.0 Å². The molecule has 1 fully saturated rings. The first kappa shape index (κ1) is 15.1. The third-order valence-corrected chi connectivity index (χ3v) is 4.24. The average Bonchev–Trinajstić information content (AvgIpc) is 2.68. The molecule has 0 spiro atoms. The summed E-state index contributed by atoms with van der Waals surface area (Å²) in [5.41, 5.74) is 1.84. The van der Waals surface area contributed by atoms with E-state index in [0.29, 0.717) is 6.04 Å². The Morgan fingerprint density at radius 1 is 1.40 bits per heavy atom. The van der Waals surface area contributed by atoms with Gasteiger partial charge in [-0.15, -0.1) is 0 Å². The molecule has 1 heterocycles. The highest BCUT2D eigenvalue weighted by Gasteiger charge is 2.21. The number of hydrogen-bond acceptors (Lipinski definition) is 4. The first-order valence-electron chi connectivity index (χ1n) is 6.89. The number of nitro benzene ring substituents is 1. The van der Waals surface area contributed by atoms with Crippen LogP contribution in [-0.4, -0.2) is 31.1 Å². The van der Waals surface area contributed by atoms with E-state index in [9.17, 15) is 10.1 Å². The molecule has 1 aliphatic heterocycles. The molecule has 0 amide bonds. The summed E-state index contributed by atoms with van der Waals surface area (Å²) in [7, 11) is 2.04. The van der Waals surface area contributed by atoms with Gasteiger partial charge in [0.25, 0.3) is 5.69 Å². The Labute approximate surface area is 124 Å². The van der Waals surface area contributed by atoms with Gasteiger partial charge in [-0.1, -0.05) is 11.6 Å². The predicted octanol–water partition coefficient (Wildman–Crippen LogP) is 3.13. The minimum Gasteiger partial charge on any atom is -0.371 e. The number of nitro groups is 1. The minimum absolute atomic E-state index is 0.0242. The van der Waals surface area contributed by atoms with Gasteiger partial charge in [-0.05, 0) is 50.9 Å². The number of hydrogen-bond donors (Lipinski definition) is 1. The lowest BCUT2D eigenvalue weighted by Crippen LogP contribution is -2.32. The number of aryl methyl sites for hydroxylation is 1. The van der Waals surface area contributed by atoms with E-state index in [0.717, 1.165) is 43.6 Å². The molecule has 110 valence electrons. The maximum absolute atomic E-state index is 10.9. The normalized spacial score (nSPS) is 19.4. The summed E-state index contributed by atoms with van der Waals surface area (Å²) < 4.78 is 0. The van der Waals surface area contributed by atoms with Crippen molar-refractivity contribution in [1.29, 1.82) is 0 Å².